The van der Waals surface area contributed by atoms with Crippen LogP contribution in [0.5, 0.6) is 11.5 Å². The van der Waals surface area contributed by atoms with E-state index in [2.05, 4.69) is 107 Å². The van der Waals surface area contributed by atoms with Gasteiger partial charge in [-0.1, -0.05) is 48.5 Å². The van der Waals surface area contributed by atoms with Gasteiger partial charge in [-0.05, 0) is 161 Å². The van der Waals surface area contributed by atoms with Gasteiger partial charge in [0.15, 0.2) is 0 Å². The number of hydrogen-bond acceptors (Lipinski definition) is 9. The molecule has 1 aliphatic carbocycles. The minimum atomic E-state index is -0.947. The van der Waals surface area contributed by atoms with Crippen molar-refractivity contribution < 1.29 is 24.1 Å². The van der Waals surface area contributed by atoms with E-state index in [1.165, 1.54) is 58.6 Å². The molecule has 5 heterocycles. The lowest BCUT2D eigenvalue weighted by molar-refractivity contribution is 0.0691. The zero-order chi connectivity index (χ0) is 45.1. The van der Waals surface area contributed by atoms with Crippen molar-refractivity contribution in [3.8, 4) is 22.9 Å². The standard InChI is InChI=1S/C27H34N6O2.C26H30N2O3/c1-2-34-19-17-33-20-25(24-6-3-4-7-26(24)33)21-12-15-32(16-13-21)14-5-18-35-23-10-8-22(9-11-23)27-28-30-31-29-27;29-26(30)22-6-2-4-8-25(22)31-16-15-27-13-11-20(12-14-27)23-18-28(17-19-9-10-19)24-7-3-1-5-21(23)24/h3-4,6-11,20-21H,2,5,12-19H2,1H3,(H,28,29,30,31);1-8,18-20H,9-17H2,(H,29,30). The van der Waals surface area contributed by atoms with Crippen LogP contribution in [0.1, 0.15) is 85.2 Å². The predicted octanol–water partition coefficient (Wildman–Crippen LogP) is 9.51. The Labute approximate surface area is 387 Å². The second kappa shape index (κ2) is 22.0. The van der Waals surface area contributed by atoms with E-state index in [0.717, 1.165) is 109 Å². The van der Waals surface area contributed by atoms with E-state index in [-0.39, 0.29) is 5.56 Å². The van der Waals surface area contributed by atoms with Gasteiger partial charge in [0.25, 0.3) is 0 Å². The van der Waals surface area contributed by atoms with Crippen LogP contribution in [0.3, 0.4) is 0 Å². The third-order valence-corrected chi connectivity index (χ3v) is 13.7. The maximum Gasteiger partial charge on any atom is 0.339 e. The van der Waals surface area contributed by atoms with Crippen LogP contribution in [0, 0.1) is 5.92 Å². The molecule has 4 aromatic carbocycles. The summed E-state index contributed by atoms with van der Waals surface area (Å²) in [6, 6.07) is 32.4. The number of nitrogens with zero attached hydrogens (tertiary/aromatic N) is 7. The predicted molar refractivity (Wildman–Crippen MR) is 259 cm³/mol. The van der Waals surface area contributed by atoms with Crippen LogP contribution in [0.25, 0.3) is 33.2 Å². The summed E-state index contributed by atoms with van der Waals surface area (Å²) < 4.78 is 22.2. The summed E-state index contributed by atoms with van der Waals surface area (Å²) in [5, 5.41) is 26.2. The van der Waals surface area contributed by atoms with E-state index in [1.54, 1.807) is 18.2 Å². The number of likely N-dealkylation sites (tertiary alicyclic amines) is 2. The lowest BCUT2D eigenvalue weighted by Crippen LogP contribution is -2.35. The summed E-state index contributed by atoms with van der Waals surface area (Å²) in [5.41, 5.74) is 6.88. The fourth-order valence-corrected chi connectivity index (χ4v) is 9.87. The van der Waals surface area contributed by atoms with Crippen LogP contribution < -0.4 is 9.47 Å². The number of carboxylic acids is 1. The highest BCUT2D eigenvalue weighted by atomic mass is 16.5. The van der Waals surface area contributed by atoms with Gasteiger partial charge in [0.1, 0.15) is 23.7 Å². The number of para-hydroxylation sites is 3. The molecule has 2 saturated heterocycles. The van der Waals surface area contributed by atoms with Gasteiger partial charge in [-0.3, -0.25) is 4.90 Å². The number of fused-ring (bicyclic) bond motifs is 2. The Bertz CT molecular complexity index is 2600. The van der Waals surface area contributed by atoms with E-state index < -0.39 is 5.97 Å². The number of aromatic amines is 1. The van der Waals surface area contributed by atoms with Crippen molar-refractivity contribution in [2.24, 2.45) is 5.92 Å². The third-order valence-electron chi connectivity index (χ3n) is 13.7. The number of hydrogen-bond donors (Lipinski definition) is 2. The summed E-state index contributed by atoms with van der Waals surface area (Å²) in [4.78, 5) is 16.3. The molecule has 0 spiro atoms. The number of aromatic carboxylic acids is 1. The molecule has 1 saturated carbocycles. The number of piperidine rings is 2. The van der Waals surface area contributed by atoms with Crippen LogP contribution in [0.4, 0.5) is 0 Å². The molecule has 2 aliphatic heterocycles. The smallest absolute Gasteiger partial charge is 0.339 e. The van der Waals surface area contributed by atoms with Crippen molar-refractivity contribution in [2.45, 2.75) is 76.8 Å². The Hall–Kier alpha value is -6.02. The third kappa shape index (κ3) is 11.3. The number of nitrogens with one attached hydrogen (secondary N) is 1. The number of H-pyrrole nitrogens is 1. The van der Waals surface area contributed by atoms with Crippen LogP contribution in [0.15, 0.2) is 109 Å². The van der Waals surface area contributed by atoms with Gasteiger partial charge in [-0.2, -0.15) is 5.21 Å². The topological polar surface area (TPSA) is 136 Å². The lowest BCUT2D eigenvalue weighted by atomic mass is 9.89. The van der Waals surface area contributed by atoms with Crippen molar-refractivity contribution in [2.75, 3.05) is 65.7 Å². The first-order valence-electron chi connectivity index (χ1n) is 24.1. The molecule has 346 valence electrons. The van der Waals surface area contributed by atoms with Crippen molar-refractivity contribution in [1.29, 1.82) is 0 Å². The minimum Gasteiger partial charge on any atom is -0.494 e. The number of aromatic nitrogens is 6. The summed E-state index contributed by atoms with van der Waals surface area (Å²) in [6.45, 7) is 13.2. The van der Waals surface area contributed by atoms with Crippen LogP contribution in [0.2, 0.25) is 0 Å². The van der Waals surface area contributed by atoms with Gasteiger partial charge in [-0.25, -0.2) is 4.79 Å². The average Bonchev–Trinajstić information content (AvgIpc) is 3.68. The van der Waals surface area contributed by atoms with E-state index >= 15 is 0 Å². The number of ether oxygens (including phenoxy) is 3. The van der Waals surface area contributed by atoms with Gasteiger partial charge in [-0.15, -0.1) is 10.2 Å². The first kappa shape index (κ1) is 45.1. The quantitative estimate of drug-likeness (QED) is 0.0756. The van der Waals surface area contributed by atoms with Gasteiger partial charge in [0.2, 0.25) is 5.82 Å². The average molecular weight is 893 g/mol. The fourth-order valence-electron chi connectivity index (χ4n) is 9.87. The molecule has 0 atom stereocenters. The molecule has 10 rings (SSSR count). The van der Waals surface area contributed by atoms with Crippen LogP contribution in [-0.4, -0.2) is 116 Å². The zero-order valence-electron chi connectivity index (χ0n) is 38.3. The Morgan fingerprint density at radius 1 is 0.682 bits per heavy atom. The van der Waals surface area contributed by atoms with E-state index in [1.807, 2.05) is 30.3 Å². The highest BCUT2D eigenvalue weighted by molar-refractivity contribution is 5.90. The molecule has 3 aliphatic rings. The molecular weight excluding hydrogens is 829 g/mol. The Morgan fingerprint density at radius 3 is 1.94 bits per heavy atom. The van der Waals surface area contributed by atoms with Gasteiger partial charge in [0.05, 0.1) is 13.2 Å². The molecule has 7 aromatic rings. The van der Waals surface area contributed by atoms with Gasteiger partial charge >= 0.3 is 5.97 Å². The first-order chi connectivity index (χ1) is 32.5. The molecule has 0 radical (unpaired) electrons. The number of carboxylic acid groups (broad SMARTS) is 1. The number of benzene rings is 4. The monoisotopic (exact) mass is 892 g/mol. The maximum atomic E-state index is 11.3. The van der Waals surface area contributed by atoms with Crippen LogP contribution in [-0.2, 0) is 17.8 Å². The number of carbonyl (C=O) groups is 1. The fraction of sp³-hybridized carbons (Fsp3) is 0.434. The number of rotatable bonds is 19. The van der Waals surface area contributed by atoms with Crippen molar-refractivity contribution in [3.05, 3.63) is 126 Å². The Balaban J connectivity index is 0.000000167. The van der Waals surface area contributed by atoms with Crippen molar-refractivity contribution in [1.82, 2.24) is 39.6 Å². The Kier molecular flexibility index (Phi) is 15.0. The molecular formula is C53H64N8O5. The molecule has 13 nitrogen and oxygen atoms in total. The van der Waals surface area contributed by atoms with E-state index in [0.29, 0.717) is 30.0 Å². The van der Waals surface area contributed by atoms with Crippen molar-refractivity contribution >= 4 is 27.8 Å². The summed E-state index contributed by atoms with van der Waals surface area (Å²) >= 11 is 0. The molecule has 13 heteroatoms. The van der Waals surface area contributed by atoms with Gasteiger partial charge < -0.3 is 33.4 Å². The van der Waals surface area contributed by atoms with Gasteiger partial charge in [0, 0.05) is 72.5 Å². The Morgan fingerprint density at radius 2 is 1.30 bits per heavy atom. The highest BCUT2D eigenvalue weighted by Crippen LogP contribution is 2.38. The largest absolute Gasteiger partial charge is 0.494 e. The second-order valence-corrected chi connectivity index (χ2v) is 18.0. The lowest BCUT2D eigenvalue weighted by Gasteiger charge is -2.32. The molecule has 0 unspecified atom stereocenters. The summed E-state index contributed by atoms with van der Waals surface area (Å²) in [6.07, 6.45) is 13.3. The van der Waals surface area contributed by atoms with Crippen molar-refractivity contribution in [3.63, 3.8) is 0 Å². The molecule has 3 fully saturated rings. The molecule has 0 bridgehead atoms. The minimum absolute atomic E-state index is 0.226. The zero-order valence-corrected chi connectivity index (χ0v) is 38.3. The van der Waals surface area contributed by atoms with E-state index in [9.17, 15) is 9.90 Å². The molecule has 66 heavy (non-hydrogen) atoms. The second-order valence-electron chi connectivity index (χ2n) is 18.0. The molecule has 2 N–H and O–H groups in total. The van der Waals surface area contributed by atoms with E-state index in [4.69, 9.17) is 14.2 Å². The van der Waals surface area contributed by atoms with Crippen LogP contribution >= 0.6 is 0 Å². The molecule has 0 amide bonds. The number of tetrazole rings is 1. The highest BCUT2D eigenvalue weighted by Gasteiger charge is 2.27. The summed E-state index contributed by atoms with van der Waals surface area (Å²) in [5.74, 6) is 3.07. The normalized spacial score (nSPS) is 16.4. The first-order valence-corrected chi connectivity index (χ1v) is 24.1. The maximum absolute atomic E-state index is 11.3. The SMILES string of the molecule is CCOCCn1cc(C2CCN(CCCOc3ccc(-c4nn[nH]n4)cc3)CC2)c2ccccc21.O=C(O)c1ccccc1OCCN1CCC(c2cn(CC3CC3)c3ccccc23)CC1. The summed E-state index contributed by atoms with van der Waals surface area (Å²) in [7, 11) is 0. The molecule has 3 aromatic heterocycles.